The molecule has 8 nitrogen and oxygen atoms in total. The average molecular weight is 377 g/mol. The molecule has 2 amide bonds. The number of carbonyl (C=O) groups excluding carboxylic acids is 2. The molecular weight excluding hydrogens is 358 g/mol. The summed E-state index contributed by atoms with van der Waals surface area (Å²) in [6.07, 6.45) is 0. The molecule has 0 aliphatic carbocycles. The second kappa shape index (κ2) is 7.87. The van der Waals surface area contributed by atoms with Crippen molar-refractivity contribution in [3.8, 4) is 5.75 Å². The number of benzene rings is 2. The van der Waals surface area contributed by atoms with E-state index in [1.807, 2.05) is 0 Å². The van der Waals surface area contributed by atoms with Gasteiger partial charge in [-0.3, -0.25) is 14.3 Å². The number of methoxy groups -OCH3 is 1. The van der Waals surface area contributed by atoms with Gasteiger partial charge in [0.15, 0.2) is 0 Å². The van der Waals surface area contributed by atoms with Gasteiger partial charge in [-0.1, -0.05) is 0 Å². The highest BCUT2D eigenvalue weighted by atomic mass is 32.2. The van der Waals surface area contributed by atoms with Crippen molar-refractivity contribution in [1.29, 1.82) is 0 Å². The van der Waals surface area contributed by atoms with Gasteiger partial charge in [-0.25, -0.2) is 8.42 Å². The normalized spacial score (nSPS) is 10.7. The summed E-state index contributed by atoms with van der Waals surface area (Å²) in [5.74, 6) is -0.417. The third-order valence-electron chi connectivity index (χ3n) is 3.41. The molecule has 9 heteroatoms. The SMILES string of the molecule is CNC(=O)c1cc(S(=O)(=O)Nc2ccc(NC(C)=O)cc2)ccc1OC. The van der Waals surface area contributed by atoms with Crippen molar-refractivity contribution >= 4 is 33.2 Å². The van der Waals surface area contributed by atoms with Crippen LogP contribution in [-0.4, -0.2) is 34.4 Å². The first-order valence-corrected chi connectivity index (χ1v) is 9.05. The predicted octanol–water partition coefficient (Wildman–Crippen LogP) is 1.81. The van der Waals surface area contributed by atoms with E-state index in [9.17, 15) is 18.0 Å². The fourth-order valence-corrected chi connectivity index (χ4v) is 3.29. The Bertz CT molecular complexity index is 924. The van der Waals surface area contributed by atoms with Crippen LogP contribution in [0.2, 0.25) is 0 Å². The molecule has 0 radical (unpaired) electrons. The van der Waals surface area contributed by atoms with Crippen LogP contribution in [0, 0.1) is 0 Å². The van der Waals surface area contributed by atoms with Gasteiger partial charge in [0, 0.05) is 25.3 Å². The highest BCUT2D eigenvalue weighted by molar-refractivity contribution is 7.92. The third kappa shape index (κ3) is 4.51. The monoisotopic (exact) mass is 377 g/mol. The van der Waals surface area contributed by atoms with Crippen molar-refractivity contribution in [3.05, 3.63) is 48.0 Å². The Labute approximate surface area is 151 Å². The van der Waals surface area contributed by atoms with Crippen molar-refractivity contribution in [1.82, 2.24) is 5.32 Å². The summed E-state index contributed by atoms with van der Waals surface area (Å²) in [6, 6.07) is 10.2. The van der Waals surface area contributed by atoms with Crippen molar-refractivity contribution in [3.63, 3.8) is 0 Å². The Balaban J connectivity index is 2.29. The van der Waals surface area contributed by atoms with E-state index in [0.29, 0.717) is 11.4 Å². The smallest absolute Gasteiger partial charge is 0.261 e. The summed E-state index contributed by atoms with van der Waals surface area (Å²) in [6.45, 7) is 1.38. The minimum atomic E-state index is -3.91. The van der Waals surface area contributed by atoms with Gasteiger partial charge < -0.3 is 15.4 Å². The van der Waals surface area contributed by atoms with Crippen LogP contribution < -0.4 is 20.1 Å². The number of hydrogen-bond acceptors (Lipinski definition) is 5. The van der Waals surface area contributed by atoms with E-state index in [2.05, 4.69) is 15.4 Å². The van der Waals surface area contributed by atoms with E-state index in [0.717, 1.165) is 0 Å². The molecule has 0 spiro atoms. The number of carbonyl (C=O) groups is 2. The molecule has 2 aromatic rings. The summed E-state index contributed by atoms with van der Waals surface area (Å²) >= 11 is 0. The van der Waals surface area contributed by atoms with E-state index in [1.165, 1.54) is 51.4 Å². The second-order valence-corrected chi connectivity index (χ2v) is 6.99. The lowest BCUT2D eigenvalue weighted by molar-refractivity contribution is -0.114. The zero-order chi connectivity index (χ0) is 19.3. The summed E-state index contributed by atoms with van der Waals surface area (Å²) < 4.78 is 32.7. The topological polar surface area (TPSA) is 114 Å². The third-order valence-corrected chi connectivity index (χ3v) is 4.79. The summed E-state index contributed by atoms with van der Waals surface area (Å²) in [5.41, 5.74) is 0.974. The molecule has 26 heavy (non-hydrogen) atoms. The van der Waals surface area contributed by atoms with Crippen LogP contribution >= 0.6 is 0 Å². The van der Waals surface area contributed by atoms with Gasteiger partial charge in [0.05, 0.1) is 17.6 Å². The predicted molar refractivity (Wildman–Crippen MR) is 97.9 cm³/mol. The zero-order valence-corrected chi connectivity index (χ0v) is 15.3. The molecule has 0 fully saturated rings. The molecule has 138 valence electrons. The van der Waals surface area contributed by atoms with Gasteiger partial charge in [-0.05, 0) is 42.5 Å². The minimum absolute atomic E-state index is 0.0807. The van der Waals surface area contributed by atoms with Crippen molar-refractivity contribution in [2.24, 2.45) is 0 Å². The molecular formula is C17H19N3O5S. The number of hydrogen-bond donors (Lipinski definition) is 3. The van der Waals surface area contributed by atoms with Crippen LogP contribution in [0.25, 0.3) is 0 Å². The summed E-state index contributed by atoms with van der Waals surface area (Å²) in [5, 5.41) is 5.03. The molecule has 0 heterocycles. The van der Waals surface area contributed by atoms with E-state index in [1.54, 1.807) is 12.1 Å². The van der Waals surface area contributed by atoms with Gasteiger partial charge in [0.2, 0.25) is 5.91 Å². The molecule has 0 unspecified atom stereocenters. The molecule has 0 atom stereocenters. The Kier molecular flexibility index (Phi) is 5.83. The molecule has 0 saturated carbocycles. The largest absolute Gasteiger partial charge is 0.496 e. The first-order valence-electron chi connectivity index (χ1n) is 7.57. The lowest BCUT2D eigenvalue weighted by atomic mass is 10.2. The van der Waals surface area contributed by atoms with Crippen LogP contribution in [0.3, 0.4) is 0 Å². The van der Waals surface area contributed by atoms with Crippen LogP contribution in [0.1, 0.15) is 17.3 Å². The number of rotatable bonds is 6. The Hall–Kier alpha value is -3.07. The molecule has 0 aliphatic heterocycles. The molecule has 2 aromatic carbocycles. The first kappa shape index (κ1) is 19.3. The lowest BCUT2D eigenvalue weighted by Crippen LogP contribution is -2.20. The Morgan fingerprint density at radius 2 is 1.62 bits per heavy atom. The minimum Gasteiger partial charge on any atom is -0.496 e. The van der Waals surface area contributed by atoms with Gasteiger partial charge in [0.25, 0.3) is 15.9 Å². The standard InChI is InChI=1S/C17H19N3O5S/c1-11(21)19-12-4-6-13(7-5-12)20-26(23,24)14-8-9-16(25-3)15(10-14)17(22)18-2/h4-10,20H,1-3H3,(H,18,22)(H,19,21). The Morgan fingerprint density at radius 1 is 1.00 bits per heavy atom. The molecule has 0 aromatic heterocycles. The number of anilines is 2. The molecule has 3 N–H and O–H groups in total. The van der Waals surface area contributed by atoms with E-state index < -0.39 is 15.9 Å². The summed E-state index contributed by atoms with van der Waals surface area (Å²) in [4.78, 5) is 22.8. The van der Waals surface area contributed by atoms with E-state index in [-0.39, 0.29) is 22.1 Å². The molecule has 2 rings (SSSR count). The van der Waals surface area contributed by atoms with Gasteiger partial charge in [0.1, 0.15) is 5.75 Å². The quantitative estimate of drug-likeness (QED) is 0.710. The van der Waals surface area contributed by atoms with Crippen LogP contribution in [0.5, 0.6) is 5.75 Å². The molecule has 0 saturated heterocycles. The zero-order valence-electron chi connectivity index (χ0n) is 14.5. The maximum absolute atomic E-state index is 12.6. The maximum Gasteiger partial charge on any atom is 0.261 e. The fourth-order valence-electron chi connectivity index (χ4n) is 2.21. The van der Waals surface area contributed by atoms with Gasteiger partial charge in [-0.2, -0.15) is 0 Å². The maximum atomic E-state index is 12.6. The number of amides is 2. The fraction of sp³-hybridized carbons (Fsp3) is 0.176. The van der Waals surface area contributed by atoms with Crippen molar-refractivity contribution in [2.45, 2.75) is 11.8 Å². The van der Waals surface area contributed by atoms with Gasteiger partial charge in [-0.15, -0.1) is 0 Å². The average Bonchev–Trinajstić information content (AvgIpc) is 2.61. The second-order valence-electron chi connectivity index (χ2n) is 5.31. The number of sulfonamides is 1. The van der Waals surface area contributed by atoms with Crippen molar-refractivity contribution in [2.75, 3.05) is 24.2 Å². The van der Waals surface area contributed by atoms with Crippen LogP contribution in [0.4, 0.5) is 11.4 Å². The van der Waals surface area contributed by atoms with Crippen LogP contribution in [-0.2, 0) is 14.8 Å². The highest BCUT2D eigenvalue weighted by Crippen LogP contribution is 2.24. The van der Waals surface area contributed by atoms with Gasteiger partial charge >= 0.3 is 0 Å². The first-order chi connectivity index (χ1) is 12.3. The molecule has 0 bridgehead atoms. The van der Waals surface area contributed by atoms with Crippen LogP contribution in [0.15, 0.2) is 47.4 Å². The van der Waals surface area contributed by atoms with E-state index >= 15 is 0 Å². The number of ether oxygens (including phenoxy) is 1. The highest BCUT2D eigenvalue weighted by Gasteiger charge is 2.19. The summed E-state index contributed by atoms with van der Waals surface area (Å²) in [7, 11) is -1.08. The number of nitrogens with one attached hydrogen (secondary N) is 3. The lowest BCUT2D eigenvalue weighted by Gasteiger charge is -2.12. The Morgan fingerprint density at radius 3 is 2.15 bits per heavy atom. The molecule has 0 aliphatic rings. The van der Waals surface area contributed by atoms with Crippen molar-refractivity contribution < 1.29 is 22.7 Å². The van der Waals surface area contributed by atoms with E-state index in [4.69, 9.17) is 4.74 Å².